The number of esters is 1. The molecule has 0 aliphatic heterocycles. The Kier molecular flexibility index (Phi) is 8.61. The zero-order chi connectivity index (χ0) is 24.8. The fraction of sp³-hybridized carbons (Fsp3) is 0.227. The number of nitrogens with one attached hydrogen (secondary N) is 2. The number of carbonyl (C=O) groups is 3. The summed E-state index contributed by atoms with van der Waals surface area (Å²) in [6.07, 6.45) is 1.80. The summed E-state index contributed by atoms with van der Waals surface area (Å²) in [5, 5.41) is 13.5. The molecule has 3 N–H and O–H groups in total. The highest BCUT2D eigenvalue weighted by Crippen LogP contribution is 2.34. The normalized spacial score (nSPS) is 12.2. The van der Waals surface area contributed by atoms with Gasteiger partial charge >= 0.3 is 5.97 Å². The monoisotopic (exact) mass is 494 g/mol. The fourth-order valence-corrected chi connectivity index (χ4v) is 4.63. The van der Waals surface area contributed by atoms with Crippen LogP contribution in [0.25, 0.3) is 0 Å². The molecular formula is C22H23ClN2O7S. The van der Waals surface area contributed by atoms with E-state index in [9.17, 15) is 27.9 Å². The van der Waals surface area contributed by atoms with Crippen LogP contribution in [-0.2, 0) is 29.0 Å². The van der Waals surface area contributed by atoms with E-state index in [-0.39, 0.29) is 27.7 Å². The summed E-state index contributed by atoms with van der Waals surface area (Å²) in [6.45, 7) is 3.38. The smallest absolute Gasteiger partial charge is 0.330 e. The minimum absolute atomic E-state index is 0.00626. The van der Waals surface area contributed by atoms with Gasteiger partial charge in [0.05, 0.1) is 28.4 Å². The largest absolute Gasteiger partial charge is 0.506 e. The molecule has 176 valence electrons. The SMILES string of the molecule is CCC(C(=O)Nc1cc(O)c(NC(=O)/C=C/C(=O)OC)cc1Cl)S(=O)(=O)c1ccc(C)cc1. The van der Waals surface area contributed by atoms with Crippen LogP contribution >= 0.6 is 11.6 Å². The van der Waals surface area contributed by atoms with Gasteiger partial charge in [0.2, 0.25) is 11.8 Å². The van der Waals surface area contributed by atoms with Crippen LogP contribution in [0.3, 0.4) is 0 Å². The van der Waals surface area contributed by atoms with E-state index in [4.69, 9.17) is 11.6 Å². The minimum atomic E-state index is -3.97. The highest BCUT2D eigenvalue weighted by molar-refractivity contribution is 7.92. The summed E-state index contributed by atoms with van der Waals surface area (Å²) in [6, 6.07) is 8.40. The van der Waals surface area contributed by atoms with Gasteiger partial charge in [-0.25, -0.2) is 13.2 Å². The molecular weight excluding hydrogens is 472 g/mol. The highest BCUT2D eigenvalue weighted by Gasteiger charge is 2.33. The van der Waals surface area contributed by atoms with E-state index >= 15 is 0 Å². The number of amides is 2. The van der Waals surface area contributed by atoms with Gasteiger partial charge in [0.15, 0.2) is 9.84 Å². The first-order chi connectivity index (χ1) is 15.5. The van der Waals surface area contributed by atoms with Crippen LogP contribution in [0.5, 0.6) is 5.75 Å². The fourth-order valence-electron chi connectivity index (χ4n) is 2.80. The van der Waals surface area contributed by atoms with Crippen LogP contribution in [-0.4, -0.2) is 43.7 Å². The standard InChI is InChI=1S/C22H23ClN2O7S/c1-4-19(33(30,31)14-7-5-13(2)6-8-14)22(29)25-16-12-18(26)17(11-15(16)23)24-20(27)9-10-21(28)32-3/h5-12,19,26H,4H2,1-3H3,(H,24,27)(H,25,29)/b10-9+. The van der Waals surface area contributed by atoms with Crippen molar-refractivity contribution in [2.24, 2.45) is 0 Å². The Balaban J connectivity index is 2.22. The van der Waals surface area contributed by atoms with Crippen LogP contribution in [0.4, 0.5) is 11.4 Å². The summed E-state index contributed by atoms with van der Waals surface area (Å²) < 4.78 is 30.2. The molecule has 9 nitrogen and oxygen atoms in total. The Labute approximate surface area is 196 Å². The molecule has 2 amide bonds. The van der Waals surface area contributed by atoms with Gasteiger partial charge in [0.25, 0.3) is 0 Å². The molecule has 0 spiro atoms. The Bertz CT molecular complexity index is 1190. The number of phenols is 1. The molecule has 0 aliphatic carbocycles. The third-order valence-corrected chi connectivity index (χ3v) is 7.10. The second kappa shape index (κ2) is 11.0. The molecule has 0 saturated heterocycles. The molecule has 2 rings (SSSR count). The molecule has 0 radical (unpaired) electrons. The molecule has 0 aliphatic rings. The second-order valence-corrected chi connectivity index (χ2v) is 9.48. The van der Waals surface area contributed by atoms with E-state index in [2.05, 4.69) is 15.4 Å². The molecule has 2 aromatic rings. The van der Waals surface area contributed by atoms with Crippen LogP contribution in [0, 0.1) is 6.92 Å². The molecule has 33 heavy (non-hydrogen) atoms. The van der Waals surface area contributed by atoms with Crippen molar-refractivity contribution in [2.75, 3.05) is 17.7 Å². The van der Waals surface area contributed by atoms with Crippen LogP contribution < -0.4 is 10.6 Å². The number of hydrogen-bond acceptors (Lipinski definition) is 7. The summed E-state index contributed by atoms with van der Waals surface area (Å²) >= 11 is 6.16. The number of halogens is 1. The van der Waals surface area contributed by atoms with E-state index < -0.39 is 38.6 Å². The molecule has 0 fully saturated rings. The third-order valence-electron chi connectivity index (χ3n) is 4.56. The first-order valence-electron chi connectivity index (χ1n) is 9.70. The predicted octanol–water partition coefficient (Wildman–Crippen LogP) is 3.21. The lowest BCUT2D eigenvalue weighted by molar-refractivity contribution is -0.135. The predicted molar refractivity (Wildman–Crippen MR) is 124 cm³/mol. The van der Waals surface area contributed by atoms with Gasteiger partial charge < -0.3 is 20.5 Å². The molecule has 0 heterocycles. The number of rotatable bonds is 8. The van der Waals surface area contributed by atoms with Gasteiger partial charge in [0.1, 0.15) is 11.0 Å². The zero-order valence-corrected chi connectivity index (χ0v) is 19.7. The van der Waals surface area contributed by atoms with Crippen molar-refractivity contribution in [3.05, 3.63) is 59.1 Å². The van der Waals surface area contributed by atoms with E-state index in [0.717, 1.165) is 30.9 Å². The van der Waals surface area contributed by atoms with Crippen LogP contribution in [0.1, 0.15) is 18.9 Å². The van der Waals surface area contributed by atoms with Crippen molar-refractivity contribution in [1.29, 1.82) is 0 Å². The van der Waals surface area contributed by atoms with E-state index in [1.807, 2.05) is 6.92 Å². The van der Waals surface area contributed by atoms with Gasteiger partial charge in [-0.15, -0.1) is 0 Å². The lowest BCUT2D eigenvalue weighted by Crippen LogP contribution is -2.34. The highest BCUT2D eigenvalue weighted by atomic mass is 35.5. The lowest BCUT2D eigenvalue weighted by atomic mass is 10.2. The van der Waals surface area contributed by atoms with Crippen molar-refractivity contribution >= 4 is 50.6 Å². The third kappa shape index (κ3) is 6.56. The summed E-state index contributed by atoms with van der Waals surface area (Å²) in [7, 11) is -2.82. The average Bonchev–Trinajstić information content (AvgIpc) is 2.76. The number of ether oxygens (including phenoxy) is 1. The average molecular weight is 495 g/mol. The first-order valence-corrected chi connectivity index (χ1v) is 11.6. The van der Waals surface area contributed by atoms with Crippen molar-refractivity contribution in [1.82, 2.24) is 0 Å². The van der Waals surface area contributed by atoms with Crippen molar-refractivity contribution < 1.29 is 32.6 Å². The second-order valence-electron chi connectivity index (χ2n) is 6.94. The topological polar surface area (TPSA) is 139 Å². The molecule has 11 heteroatoms. The van der Waals surface area contributed by atoms with E-state index in [1.165, 1.54) is 18.2 Å². The molecule has 0 bridgehead atoms. The number of sulfone groups is 1. The van der Waals surface area contributed by atoms with E-state index in [1.54, 1.807) is 19.1 Å². The molecule has 2 aromatic carbocycles. The molecule has 0 aromatic heterocycles. The Morgan fingerprint density at radius 1 is 1.09 bits per heavy atom. The quantitative estimate of drug-likeness (QED) is 0.291. The maximum Gasteiger partial charge on any atom is 0.330 e. The number of methoxy groups -OCH3 is 1. The van der Waals surface area contributed by atoms with Gasteiger partial charge in [-0.2, -0.15) is 0 Å². The van der Waals surface area contributed by atoms with Gasteiger partial charge in [-0.05, 0) is 31.5 Å². The minimum Gasteiger partial charge on any atom is -0.506 e. The van der Waals surface area contributed by atoms with Gasteiger partial charge in [-0.1, -0.05) is 36.2 Å². The van der Waals surface area contributed by atoms with Crippen LogP contribution in [0.15, 0.2) is 53.4 Å². The van der Waals surface area contributed by atoms with Crippen molar-refractivity contribution in [2.45, 2.75) is 30.4 Å². The van der Waals surface area contributed by atoms with Crippen molar-refractivity contribution in [3.8, 4) is 5.75 Å². The maximum atomic E-state index is 12.9. The number of anilines is 2. The Morgan fingerprint density at radius 2 is 1.73 bits per heavy atom. The first kappa shape index (κ1) is 25.9. The number of carbonyl (C=O) groups excluding carboxylic acids is 3. The van der Waals surface area contributed by atoms with Crippen molar-refractivity contribution in [3.63, 3.8) is 0 Å². The van der Waals surface area contributed by atoms with Gasteiger partial charge in [0, 0.05) is 18.2 Å². The molecule has 0 saturated carbocycles. The van der Waals surface area contributed by atoms with E-state index in [0.29, 0.717) is 0 Å². The maximum absolute atomic E-state index is 12.9. The number of phenolic OH excluding ortho intramolecular Hbond substituents is 1. The van der Waals surface area contributed by atoms with Crippen LogP contribution in [0.2, 0.25) is 5.02 Å². The Hall–Kier alpha value is -3.37. The summed E-state index contributed by atoms with van der Waals surface area (Å²) in [5.41, 5.74) is 0.748. The molecule has 1 unspecified atom stereocenters. The number of aromatic hydroxyl groups is 1. The molecule has 1 atom stereocenters. The summed E-state index contributed by atoms with van der Waals surface area (Å²) in [4.78, 5) is 35.7. The summed E-state index contributed by atoms with van der Waals surface area (Å²) in [5.74, 6) is -2.74. The lowest BCUT2D eigenvalue weighted by Gasteiger charge is -2.17. The zero-order valence-electron chi connectivity index (χ0n) is 18.1. The number of aryl methyl sites for hydroxylation is 1. The Morgan fingerprint density at radius 3 is 2.30 bits per heavy atom. The number of hydrogen-bond donors (Lipinski definition) is 3. The van der Waals surface area contributed by atoms with Gasteiger partial charge in [-0.3, -0.25) is 9.59 Å². The number of benzene rings is 2.